The van der Waals surface area contributed by atoms with E-state index < -0.39 is 0 Å². The molecular formula is C14H11BrN4O. The summed E-state index contributed by atoms with van der Waals surface area (Å²) in [6.07, 6.45) is 3.44. The third-order valence-corrected chi connectivity index (χ3v) is 3.17. The number of hydrogen-bond donors (Lipinski definition) is 1. The Bertz CT molecular complexity index is 682. The van der Waals surface area contributed by atoms with Crippen LogP contribution in [0.5, 0.6) is 5.75 Å². The van der Waals surface area contributed by atoms with E-state index in [2.05, 4.69) is 36.1 Å². The van der Waals surface area contributed by atoms with Crippen LogP contribution in [0.25, 0.3) is 11.4 Å². The maximum atomic E-state index is 5.63. The minimum atomic E-state index is 0.342. The summed E-state index contributed by atoms with van der Waals surface area (Å²) in [5, 5.41) is 7.01. The SMILES string of the molecule is Brc1ccc(OCc2nc(-c3cccnc3)n[nH]2)cc1. The van der Waals surface area contributed by atoms with Gasteiger partial charge in [-0.2, -0.15) is 5.10 Å². The van der Waals surface area contributed by atoms with Crippen LogP contribution in [0.1, 0.15) is 5.82 Å². The van der Waals surface area contributed by atoms with E-state index in [1.54, 1.807) is 12.4 Å². The largest absolute Gasteiger partial charge is 0.486 e. The Labute approximate surface area is 124 Å². The maximum absolute atomic E-state index is 5.63. The average Bonchev–Trinajstić information content (AvgIpc) is 2.97. The van der Waals surface area contributed by atoms with E-state index in [9.17, 15) is 0 Å². The number of benzene rings is 1. The number of rotatable bonds is 4. The normalized spacial score (nSPS) is 10.4. The summed E-state index contributed by atoms with van der Waals surface area (Å²) in [5.74, 6) is 2.08. The first-order valence-electron chi connectivity index (χ1n) is 6.01. The van der Waals surface area contributed by atoms with Gasteiger partial charge in [0, 0.05) is 22.4 Å². The molecule has 0 aliphatic rings. The fourth-order valence-corrected chi connectivity index (χ4v) is 1.93. The molecule has 2 aromatic heterocycles. The number of nitrogens with one attached hydrogen (secondary N) is 1. The number of hydrogen-bond acceptors (Lipinski definition) is 4. The van der Waals surface area contributed by atoms with E-state index in [1.807, 2.05) is 36.4 Å². The Kier molecular flexibility index (Phi) is 3.73. The van der Waals surface area contributed by atoms with Gasteiger partial charge in [0.05, 0.1) is 0 Å². The number of pyridine rings is 1. The van der Waals surface area contributed by atoms with Gasteiger partial charge in [-0.05, 0) is 36.4 Å². The molecule has 0 unspecified atom stereocenters. The highest BCUT2D eigenvalue weighted by Gasteiger charge is 2.06. The number of halogens is 1. The fourth-order valence-electron chi connectivity index (χ4n) is 1.67. The zero-order chi connectivity index (χ0) is 13.8. The maximum Gasteiger partial charge on any atom is 0.182 e. The highest BCUT2D eigenvalue weighted by molar-refractivity contribution is 9.10. The first-order chi connectivity index (χ1) is 9.81. The van der Waals surface area contributed by atoms with E-state index in [4.69, 9.17) is 4.74 Å². The molecule has 0 atom stereocenters. The molecule has 20 heavy (non-hydrogen) atoms. The van der Waals surface area contributed by atoms with Gasteiger partial charge in [0.15, 0.2) is 11.6 Å². The predicted molar refractivity (Wildman–Crippen MR) is 78.1 cm³/mol. The highest BCUT2D eigenvalue weighted by atomic mass is 79.9. The number of aromatic nitrogens is 4. The molecule has 5 nitrogen and oxygen atoms in total. The minimum absolute atomic E-state index is 0.342. The summed E-state index contributed by atoms with van der Waals surface area (Å²) in [5.41, 5.74) is 0.874. The summed E-state index contributed by atoms with van der Waals surface area (Å²) >= 11 is 3.38. The van der Waals surface area contributed by atoms with Gasteiger partial charge in [-0.1, -0.05) is 15.9 Å². The van der Waals surface area contributed by atoms with Gasteiger partial charge in [0.1, 0.15) is 12.4 Å². The summed E-state index contributed by atoms with van der Waals surface area (Å²) in [4.78, 5) is 8.41. The summed E-state index contributed by atoms with van der Waals surface area (Å²) in [6, 6.07) is 11.4. The number of ether oxygens (including phenoxy) is 1. The Balaban J connectivity index is 1.67. The molecule has 1 aromatic carbocycles. The third-order valence-electron chi connectivity index (χ3n) is 2.64. The van der Waals surface area contributed by atoms with Crippen LogP contribution in [0.15, 0.2) is 53.3 Å². The van der Waals surface area contributed by atoms with Crippen LogP contribution in [0, 0.1) is 0 Å². The molecule has 0 saturated carbocycles. The van der Waals surface area contributed by atoms with Gasteiger partial charge < -0.3 is 4.74 Å². The molecule has 3 aromatic rings. The highest BCUT2D eigenvalue weighted by Crippen LogP contribution is 2.17. The smallest absolute Gasteiger partial charge is 0.182 e. The molecule has 0 radical (unpaired) electrons. The second-order valence-electron chi connectivity index (χ2n) is 4.09. The van der Waals surface area contributed by atoms with Crippen molar-refractivity contribution in [2.24, 2.45) is 0 Å². The molecule has 1 N–H and O–H groups in total. The zero-order valence-corrected chi connectivity index (χ0v) is 12.0. The van der Waals surface area contributed by atoms with Crippen molar-refractivity contribution in [2.75, 3.05) is 0 Å². The van der Waals surface area contributed by atoms with Crippen molar-refractivity contribution >= 4 is 15.9 Å². The van der Waals surface area contributed by atoms with Gasteiger partial charge in [-0.3, -0.25) is 10.1 Å². The second-order valence-corrected chi connectivity index (χ2v) is 5.01. The Morgan fingerprint density at radius 1 is 1.15 bits per heavy atom. The quantitative estimate of drug-likeness (QED) is 0.797. The van der Waals surface area contributed by atoms with E-state index in [0.29, 0.717) is 18.3 Å². The molecule has 0 bridgehead atoms. The molecule has 3 rings (SSSR count). The number of nitrogens with zero attached hydrogens (tertiary/aromatic N) is 3. The Hall–Kier alpha value is -2.21. The lowest BCUT2D eigenvalue weighted by atomic mass is 10.3. The average molecular weight is 331 g/mol. The molecule has 0 spiro atoms. The van der Waals surface area contributed by atoms with Gasteiger partial charge in [0.25, 0.3) is 0 Å². The standard InChI is InChI=1S/C14H11BrN4O/c15-11-3-5-12(6-4-11)20-9-13-17-14(19-18-13)10-2-1-7-16-8-10/h1-8H,9H2,(H,17,18,19). The zero-order valence-electron chi connectivity index (χ0n) is 10.5. The molecule has 0 saturated heterocycles. The van der Waals surface area contributed by atoms with Crippen LogP contribution in [0.3, 0.4) is 0 Å². The first kappa shape index (κ1) is 12.8. The van der Waals surface area contributed by atoms with Crippen LogP contribution < -0.4 is 4.74 Å². The Morgan fingerprint density at radius 3 is 2.75 bits per heavy atom. The molecule has 0 aliphatic heterocycles. The summed E-state index contributed by atoms with van der Waals surface area (Å²) in [6.45, 7) is 0.342. The van der Waals surface area contributed by atoms with Crippen molar-refractivity contribution in [1.82, 2.24) is 20.2 Å². The van der Waals surface area contributed by atoms with Crippen molar-refractivity contribution in [1.29, 1.82) is 0 Å². The van der Waals surface area contributed by atoms with Crippen molar-refractivity contribution in [3.63, 3.8) is 0 Å². The van der Waals surface area contributed by atoms with Crippen molar-refractivity contribution in [3.8, 4) is 17.1 Å². The predicted octanol–water partition coefficient (Wildman–Crippen LogP) is 3.21. The fraction of sp³-hybridized carbons (Fsp3) is 0.0714. The van der Waals surface area contributed by atoms with Gasteiger partial charge in [-0.25, -0.2) is 4.98 Å². The monoisotopic (exact) mass is 330 g/mol. The van der Waals surface area contributed by atoms with E-state index in [1.165, 1.54) is 0 Å². The van der Waals surface area contributed by atoms with E-state index in [-0.39, 0.29) is 0 Å². The molecule has 6 heteroatoms. The van der Waals surface area contributed by atoms with E-state index in [0.717, 1.165) is 15.8 Å². The van der Waals surface area contributed by atoms with Crippen LogP contribution in [-0.2, 0) is 6.61 Å². The van der Waals surface area contributed by atoms with Crippen molar-refractivity contribution < 1.29 is 4.74 Å². The molecule has 100 valence electrons. The van der Waals surface area contributed by atoms with Crippen LogP contribution in [0.4, 0.5) is 0 Å². The Morgan fingerprint density at radius 2 is 2.00 bits per heavy atom. The van der Waals surface area contributed by atoms with Crippen LogP contribution in [-0.4, -0.2) is 20.2 Å². The van der Waals surface area contributed by atoms with Crippen molar-refractivity contribution in [2.45, 2.75) is 6.61 Å². The van der Waals surface area contributed by atoms with Gasteiger partial charge >= 0.3 is 0 Å². The number of H-pyrrole nitrogens is 1. The van der Waals surface area contributed by atoms with E-state index >= 15 is 0 Å². The van der Waals surface area contributed by atoms with Gasteiger partial charge in [-0.15, -0.1) is 0 Å². The van der Waals surface area contributed by atoms with Gasteiger partial charge in [0.2, 0.25) is 0 Å². The molecule has 0 aliphatic carbocycles. The molecule has 0 fully saturated rings. The number of aromatic amines is 1. The summed E-state index contributed by atoms with van der Waals surface area (Å²) < 4.78 is 6.64. The second kappa shape index (κ2) is 5.83. The molecule has 0 amide bonds. The van der Waals surface area contributed by atoms with Crippen LogP contribution >= 0.6 is 15.9 Å². The minimum Gasteiger partial charge on any atom is -0.486 e. The molecule has 2 heterocycles. The topological polar surface area (TPSA) is 63.7 Å². The first-order valence-corrected chi connectivity index (χ1v) is 6.80. The lowest BCUT2D eigenvalue weighted by Gasteiger charge is -2.03. The van der Waals surface area contributed by atoms with Crippen LogP contribution in [0.2, 0.25) is 0 Å². The third kappa shape index (κ3) is 3.03. The lowest BCUT2D eigenvalue weighted by molar-refractivity contribution is 0.296. The van der Waals surface area contributed by atoms with Crippen molar-refractivity contribution in [3.05, 3.63) is 59.1 Å². The molecular weight excluding hydrogens is 320 g/mol. The lowest BCUT2D eigenvalue weighted by Crippen LogP contribution is -1.97. The summed E-state index contributed by atoms with van der Waals surface area (Å²) in [7, 11) is 0.